The molecule has 1 amide bonds. The highest BCUT2D eigenvalue weighted by atomic mass is 16.1. The fourth-order valence-corrected chi connectivity index (χ4v) is 6.36. The van der Waals surface area contributed by atoms with E-state index in [0.717, 1.165) is 29.0 Å². The molecule has 4 bridgehead atoms. The van der Waals surface area contributed by atoms with Gasteiger partial charge < -0.3 is 11.1 Å². The Kier molecular flexibility index (Phi) is 3.82. The van der Waals surface area contributed by atoms with Gasteiger partial charge >= 0.3 is 0 Å². The Bertz CT molecular complexity index is 848. The highest BCUT2D eigenvalue weighted by Crippen LogP contribution is 2.60. The van der Waals surface area contributed by atoms with Gasteiger partial charge in [0, 0.05) is 16.9 Å². The summed E-state index contributed by atoms with van der Waals surface area (Å²) in [4.78, 5) is 12.5. The molecular weight excluding hydrogens is 332 g/mol. The van der Waals surface area contributed by atoms with Crippen molar-refractivity contribution in [2.24, 2.45) is 17.8 Å². The van der Waals surface area contributed by atoms with Crippen molar-refractivity contribution in [2.45, 2.75) is 50.9 Å². The van der Waals surface area contributed by atoms with Crippen LogP contribution in [0, 0.1) is 24.7 Å². The maximum atomic E-state index is 12.5. The quantitative estimate of drug-likeness (QED) is 0.730. The van der Waals surface area contributed by atoms with Crippen molar-refractivity contribution in [3.8, 4) is 0 Å². The predicted molar refractivity (Wildman–Crippen MR) is 110 cm³/mol. The molecule has 4 aliphatic rings. The standard InChI is InChI=1S/C24H28N2O/c1-15-2-3-19(11-22(15)25)23(27)26-21-6-4-20(5-7-21)24-12-16-8-17(13-24)10-18(9-16)14-24/h2-7,11,16-18H,8-10,12-14,25H2,1H3,(H,26,27). The number of nitrogens with one attached hydrogen (secondary N) is 1. The van der Waals surface area contributed by atoms with Crippen LogP contribution in [0.5, 0.6) is 0 Å². The number of amides is 1. The lowest BCUT2D eigenvalue weighted by atomic mass is 9.48. The Morgan fingerprint density at radius 3 is 2.11 bits per heavy atom. The fourth-order valence-electron chi connectivity index (χ4n) is 6.36. The number of aryl methyl sites for hydroxylation is 1. The van der Waals surface area contributed by atoms with Crippen molar-refractivity contribution < 1.29 is 4.79 Å². The van der Waals surface area contributed by atoms with Crippen molar-refractivity contribution in [1.82, 2.24) is 0 Å². The van der Waals surface area contributed by atoms with Crippen LogP contribution in [0.4, 0.5) is 11.4 Å². The summed E-state index contributed by atoms with van der Waals surface area (Å²) in [6, 6.07) is 14.1. The summed E-state index contributed by atoms with van der Waals surface area (Å²) in [5, 5.41) is 3.01. The van der Waals surface area contributed by atoms with E-state index >= 15 is 0 Å². The van der Waals surface area contributed by atoms with E-state index in [1.54, 1.807) is 6.07 Å². The third-order valence-electron chi connectivity index (χ3n) is 7.33. The Labute approximate surface area is 161 Å². The largest absolute Gasteiger partial charge is 0.398 e. The van der Waals surface area contributed by atoms with E-state index in [1.165, 1.54) is 44.1 Å². The van der Waals surface area contributed by atoms with E-state index in [9.17, 15) is 4.79 Å². The van der Waals surface area contributed by atoms with Crippen LogP contribution in [-0.4, -0.2) is 5.91 Å². The summed E-state index contributed by atoms with van der Waals surface area (Å²) in [5.41, 5.74) is 10.9. The minimum absolute atomic E-state index is 0.107. The number of carbonyl (C=O) groups excluding carboxylic acids is 1. The van der Waals surface area contributed by atoms with Crippen molar-refractivity contribution >= 4 is 17.3 Å². The zero-order valence-electron chi connectivity index (χ0n) is 16.0. The number of nitrogens with two attached hydrogens (primary N) is 1. The summed E-state index contributed by atoms with van der Waals surface area (Å²) in [7, 11) is 0. The molecule has 3 nitrogen and oxygen atoms in total. The van der Waals surface area contributed by atoms with Gasteiger partial charge in [0.25, 0.3) is 5.91 Å². The zero-order valence-corrected chi connectivity index (χ0v) is 16.0. The van der Waals surface area contributed by atoms with Crippen molar-refractivity contribution in [3.05, 3.63) is 59.2 Å². The smallest absolute Gasteiger partial charge is 0.255 e. The lowest BCUT2D eigenvalue weighted by Crippen LogP contribution is -2.48. The number of carbonyl (C=O) groups is 1. The minimum Gasteiger partial charge on any atom is -0.398 e. The first kappa shape index (κ1) is 16.9. The second kappa shape index (κ2) is 6.12. The van der Waals surface area contributed by atoms with E-state index in [1.807, 2.05) is 19.1 Å². The van der Waals surface area contributed by atoms with E-state index in [0.29, 0.717) is 16.7 Å². The molecule has 3 heteroatoms. The van der Waals surface area contributed by atoms with Gasteiger partial charge in [-0.05, 0) is 104 Å². The van der Waals surface area contributed by atoms with E-state index in [4.69, 9.17) is 5.73 Å². The van der Waals surface area contributed by atoms with Crippen LogP contribution in [0.15, 0.2) is 42.5 Å². The van der Waals surface area contributed by atoms with Crippen molar-refractivity contribution in [3.63, 3.8) is 0 Å². The monoisotopic (exact) mass is 360 g/mol. The lowest BCUT2D eigenvalue weighted by Gasteiger charge is -2.57. The van der Waals surface area contributed by atoms with Crippen LogP contribution in [0.2, 0.25) is 0 Å². The molecule has 2 aromatic carbocycles. The molecule has 0 radical (unpaired) electrons. The summed E-state index contributed by atoms with van der Waals surface area (Å²) in [6.07, 6.45) is 8.50. The van der Waals surface area contributed by atoms with Gasteiger partial charge in [-0.1, -0.05) is 18.2 Å². The topological polar surface area (TPSA) is 55.1 Å². The highest BCUT2D eigenvalue weighted by Gasteiger charge is 2.51. The van der Waals surface area contributed by atoms with E-state index < -0.39 is 0 Å². The van der Waals surface area contributed by atoms with Gasteiger partial charge in [0.15, 0.2) is 0 Å². The number of anilines is 2. The average molecular weight is 361 g/mol. The molecule has 4 saturated carbocycles. The normalized spacial score (nSPS) is 31.1. The second-order valence-electron chi connectivity index (χ2n) is 9.30. The second-order valence-corrected chi connectivity index (χ2v) is 9.30. The maximum Gasteiger partial charge on any atom is 0.255 e. The molecule has 0 aromatic heterocycles. The third kappa shape index (κ3) is 2.93. The lowest BCUT2D eigenvalue weighted by molar-refractivity contribution is -0.00518. The van der Waals surface area contributed by atoms with E-state index in [2.05, 4.69) is 29.6 Å². The molecule has 0 saturated heterocycles. The van der Waals surface area contributed by atoms with Gasteiger partial charge in [-0.2, -0.15) is 0 Å². The number of rotatable bonds is 3. The van der Waals surface area contributed by atoms with Gasteiger partial charge in [-0.25, -0.2) is 0 Å². The van der Waals surface area contributed by atoms with Crippen LogP contribution in [-0.2, 0) is 5.41 Å². The number of nitrogen functional groups attached to an aromatic ring is 1. The zero-order chi connectivity index (χ0) is 18.6. The van der Waals surface area contributed by atoms with Gasteiger partial charge in [0.2, 0.25) is 0 Å². The molecule has 140 valence electrons. The molecule has 0 spiro atoms. The van der Waals surface area contributed by atoms with Crippen molar-refractivity contribution in [1.29, 1.82) is 0 Å². The Morgan fingerprint density at radius 1 is 0.963 bits per heavy atom. The summed E-state index contributed by atoms with van der Waals surface area (Å²) < 4.78 is 0. The number of hydrogen-bond donors (Lipinski definition) is 2. The first-order valence-electron chi connectivity index (χ1n) is 10.3. The van der Waals surface area contributed by atoms with Gasteiger partial charge in [-0.15, -0.1) is 0 Å². The van der Waals surface area contributed by atoms with Crippen LogP contribution in [0.1, 0.15) is 60.0 Å². The molecule has 0 atom stereocenters. The van der Waals surface area contributed by atoms with Gasteiger partial charge in [0.05, 0.1) is 0 Å². The third-order valence-corrected chi connectivity index (χ3v) is 7.33. The SMILES string of the molecule is Cc1ccc(C(=O)Nc2ccc(C34CC5CC(CC(C5)C3)C4)cc2)cc1N. The Hall–Kier alpha value is -2.29. The first-order chi connectivity index (χ1) is 13.0. The summed E-state index contributed by atoms with van der Waals surface area (Å²) >= 11 is 0. The van der Waals surface area contributed by atoms with Crippen LogP contribution < -0.4 is 11.1 Å². The van der Waals surface area contributed by atoms with Crippen LogP contribution >= 0.6 is 0 Å². The molecule has 0 aliphatic heterocycles. The summed E-state index contributed by atoms with van der Waals surface area (Å²) in [5.74, 6) is 2.73. The Balaban J connectivity index is 1.33. The molecule has 3 N–H and O–H groups in total. The predicted octanol–water partition coefficient (Wildman–Crippen LogP) is 5.30. The molecule has 27 heavy (non-hydrogen) atoms. The van der Waals surface area contributed by atoms with Crippen LogP contribution in [0.3, 0.4) is 0 Å². The molecule has 4 aliphatic carbocycles. The van der Waals surface area contributed by atoms with Gasteiger partial charge in [0.1, 0.15) is 0 Å². The average Bonchev–Trinajstić information content (AvgIpc) is 2.63. The minimum atomic E-state index is -0.107. The molecule has 2 aromatic rings. The van der Waals surface area contributed by atoms with Gasteiger partial charge in [-0.3, -0.25) is 4.79 Å². The van der Waals surface area contributed by atoms with Crippen LogP contribution in [0.25, 0.3) is 0 Å². The number of hydrogen-bond acceptors (Lipinski definition) is 2. The van der Waals surface area contributed by atoms with E-state index in [-0.39, 0.29) is 5.91 Å². The molecular formula is C24H28N2O. The molecule has 4 fully saturated rings. The maximum absolute atomic E-state index is 12.5. The molecule has 6 rings (SSSR count). The molecule has 0 heterocycles. The highest BCUT2D eigenvalue weighted by molar-refractivity contribution is 6.04. The summed E-state index contributed by atoms with van der Waals surface area (Å²) in [6.45, 7) is 1.94. The number of benzene rings is 2. The molecule has 0 unspecified atom stereocenters. The Morgan fingerprint density at radius 2 is 1.56 bits per heavy atom. The van der Waals surface area contributed by atoms with Crippen molar-refractivity contribution in [2.75, 3.05) is 11.1 Å². The fraction of sp³-hybridized carbons (Fsp3) is 0.458. The first-order valence-corrected chi connectivity index (χ1v) is 10.3.